The summed E-state index contributed by atoms with van der Waals surface area (Å²) in [5.74, 6) is -0.799. The molecule has 0 heterocycles. The van der Waals surface area contributed by atoms with Crippen molar-refractivity contribution >= 4 is 41.7 Å². The molecule has 10 heteroatoms. The van der Waals surface area contributed by atoms with Gasteiger partial charge in [0.2, 0.25) is 10.0 Å². The molecule has 1 atom stereocenters. The van der Waals surface area contributed by atoms with E-state index in [0.717, 1.165) is 12.3 Å². The van der Waals surface area contributed by atoms with Crippen molar-refractivity contribution in [1.82, 2.24) is 5.32 Å². The molecule has 1 unspecified atom stereocenters. The van der Waals surface area contributed by atoms with Crippen LogP contribution in [0.15, 0.2) is 27.6 Å². The summed E-state index contributed by atoms with van der Waals surface area (Å²) in [6.07, 6.45) is 1.06. The van der Waals surface area contributed by atoms with E-state index in [1.165, 1.54) is 19.1 Å². The van der Waals surface area contributed by atoms with Crippen molar-refractivity contribution in [3.05, 3.63) is 28.2 Å². The summed E-state index contributed by atoms with van der Waals surface area (Å²) < 4.78 is 45.3. The minimum Gasteiger partial charge on any atom is -0.349 e. The summed E-state index contributed by atoms with van der Waals surface area (Å²) in [5.41, 5.74) is 0.0637. The van der Waals surface area contributed by atoms with Crippen molar-refractivity contribution in [1.29, 1.82) is 0 Å². The lowest BCUT2D eigenvalue weighted by molar-refractivity contribution is 0.0943. The molecule has 0 aliphatic heterocycles. The molecule has 0 saturated heterocycles. The highest BCUT2D eigenvalue weighted by atomic mass is 79.9. The highest BCUT2D eigenvalue weighted by Gasteiger charge is 2.17. The Morgan fingerprint density at radius 1 is 1.29 bits per heavy atom. The van der Waals surface area contributed by atoms with Crippen LogP contribution in [0.3, 0.4) is 0 Å². The van der Waals surface area contributed by atoms with E-state index in [1.54, 1.807) is 0 Å². The third kappa shape index (κ3) is 6.12. The van der Waals surface area contributed by atoms with Gasteiger partial charge in [0.05, 0.1) is 10.6 Å². The van der Waals surface area contributed by atoms with Crippen molar-refractivity contribution in [2.45, 2.75) is 17.9 Å². The number of nitrogens with two attached hydrogens (primary N) is 1. The number of carbonyl (C=O) groups is 1. The maximum Gasteiger partial charge on any atom is 0.251 e. The fourth-order valence-corrected chi connectivity index (χ4v) is 3.88. The Hall–Kier alpha value is -0.970. The maximum absolute atomic E-state index is 12.0. The number of benzene rings is 1. The number of sulfone groups is 1. The number of rotatable bonds is 5. The van der Waals surface area contributed by atoms with E-state index < -0.39 is 31.8 Å². The van der Waals surface area contributed by atoms with Gasteiger partial charge in [-0.05, 0) is 25.1 Å². The van der Waals surface area contributed by atoms with E-state index >= 15 is 0 Å². The van der Waals surface area contributed by atoms with Crippen LogP contribution < -0.4 is 10.5 Å². The van der Waals surface area contributed by atoms with Gasteiger partial charge in [-0.2, -0.15) is 0 Å². The number of hydrogen-bond donors (Lipinski definition) is 2. The van der Waals surface area contributed by atoms with E-state index in [2.05, 4.69) is 21.2 Å². The van der Waals surface area contributed by atoms with E-state index in [0.29, 0.717) is 4.47 Å². The Morgan fingerprint density at radius 2 is 1.86 bits per heavy atom. The molecule has 0 aliphatic carbocycles. The van der Waals surface area contributed by atoms with Crippen LogP contribution >= 0.6 is 15.9 Å². The molecule has 0 radical (unpaired) electrons. The predicted octanol–water partition coefficient (Wildman–Crippen LogP) is 0.259. The number of hydrogen-bond acceptors (Lipinski definition) is 5. The van der Waals surface area contributed by atoms with Gasteiger partial charge < -0.3 is 5.32 Å². The first-order valence-corrected chi connectivity index (χ1v) is 10.1. The Morgan fingerprint density at radius 3 is 2.33 bits per heavy atom. The molecular weight excluding hydrogens is 384 g/mol. The molecule has 3 N–H and O–H groups in total. The van der Waals surface area contributed by atoms with E-state index in [1.807, 2.05) is 0 Å². The maximum atomic E-state index is 12.0. The zero-order valence-corrected chi connectivity index (χ0v) is 14.5. The third-order valence-corrected chi connectivity index (χ3v) is 4.85. The van der Waals surface area contributed by atoms with Gasteiger partial charge in [0.15, 0.2) is 0 Å². The van der Waals surface area contributed by atoms with Crippen LogP contribution in [0.2, 0.25) is 0 Å². The van der Waals surface area contributed by atoms with Crippen molar-refractivity contribution in [3.63, 3.8) is 0 Å². The van der Waals surface area contributed by atoms with Crippen LogP contribution in [-0.4, -0.2) is 40.8 Å². The van der Waals surface area contributed by atoms with Gasteiger partial charge in [-0.15, -0.1) is 0 Å². The van der Waals surface area contributed by atoms with Crippen LogP contribution in [0.25, 0.3) is 0 Å². The van der Waals surface area contributed by atoms with Crippen LogP contribution in [0.1, 0.15) is 17.3 Å². The third-order valence-electron chi connectivity index (χ3n) is 2.39. The topological polar surface area (TPSA) is 123 Å². The summed E-state index contributed by atoms with van der Waals surface area (Å²) in [7, 11) is -7.18. The lowest BCUT2D eigenvalue weighted by Crippen LogP contribution is -2.37. The molecular formula is C11H15BrN2O5S2. The second-order valence-electron chi connectivity index (χ2n) is 4.69. The van der Waals surface area contributed by atoms with E-state index in [-0.39, 0.29) is 16.2 Å². The quantitative estimate of drug-likeness (QED) is 0.735. The molecule has 0 fully saturated rings. The molecule has 118 valence electrons. The Bertz CT molecular complexity index is 759. The van der Waals surface area contributed by atoms with Crippen molar-refractivity contribution < 1.29 is 21.6 Å². The molecule has 1 aromatic carbocycles. The first-order chi connectivity index (χ1) is 9.38. The largest absolute Gasteiger partial charge is 0.349 e. The first kappa shape index (κ1) is 18.1. The van der Waals surface area contributed by atoms with Crippen molar-refractivity contribution in [3.8, 4) is 0 Å². The van der Waals surface area contributed by atoms with Gasteiger partial charge in [-0.3, -0.25) is 4.79 Å². The first-order valence-electron chi connectivity index (χ1n) is 5.70. The predicted molar refractivity (Wildman–Crippen MR) is 82.2 cm³/mol. The summed E-state index contributed by atoms with van der Waals surface area (Å²) in [4.78, 5) is 11.8. The Kier molecular flexibility index (Phi) is 5.53. The summed E-state index contributed by atoms with van der Waals surface area (Å²) >= 11 is 3.09. The Labute approximate surface area is 132 Å². The van der Waals surface area contributed by atoms with Crippen LogP contribution in [0.4, 0.5) is 0 Å². The lowest BCUT2D eigenvalue weighted by Gasteiger charge is -2.13. The number of carbonyl (C=O) groups excluding carboxylic acids is 1. The zero-order chi connectivity index (χ0) is 16.4. The zero-order valence-electron chi connectivity index (χ0n) is 11.3. The summed E-state index contributed by atoms with van der Waals surface area (Å²) in [6, 6.07) is 3.20. The van der Waals surface area contributed by atoms with Crippen molar-refractivity contribution in [2.75, 3.05) is 12.0 Å². The second-order valence-corrected chi connectivity index (χ2v) is 9.35. The van der Waals surface area contributed by atoms with Crippen LogP contribution in [0, 0.1) is 0 Å². The SMILES string of the molecule is CC(CS(C)(=O)=O)NC(=O)c1cc(Br)cc(S(N)(=O)=O)c1. The van der Waals surface area contributed by atoms with Gasteiger partial charge in [-0.1, -0.05) is 15.9 Å². The molecule has 0 aliphatic rings. The second kappa shape index (κ2) is 6.42. The van der Waals surface area contributed by atoms with Gasteiger partial charge in [0, 0.05) is 22.3 Å². The van der Waals surface area contributed by atoms with Gasteiger partial charge in [0.1, 0.15) is 9.84 Å². The van der Waals surface area contributed by atoms with Gasteiger partial charge >= 0.3 is 0 Å². The molecule has 0 saturated carbocycles. The summed E-state index contributed by atoms with van der Waals surface area (Å²) in [6.45, 7) is 1.54. The minimum absolute atomic E-state index is 0.0637. The number of amides is 1. The normalized spacial score (nSPS) is 13.7. The fraction of sp³-hybridized carbons (Fsp3) is 0.364. The van der Waals surface area contributed by atoms with Crippen LogP contribution in [-0.2, 0) is 19.9 Å². The molecule has 0 aromatic heterocycles. The standard InChI is InChI=1S/C11H15BrN2O5S2/c1-7(6-20(2,16)17)14-11(15)8-3-9(12)5-10(4-8)21(13,18)19/h3-5,7H,6H2,1-2H3,(H,14,15)(H2,13,18,19). The molecule has 0 spiro atoms. The fourth-order valence-electron chi connectivity index (χ4n) is 1.66. The lowest BCUT2D eigenvalue weighted by atomic mass is 10.2. The molecule has 1 aromatic rings. The molecule has 1 rings (SSSR count). The molecule has 1 amide bonds. The van der Waals surface area contributed by atoms with Crippen LogP contribution in [0.5, 0.6) is 0 Å². The Balaban J connectivity index is 3.01. The highest BCUT2D eigenvalue weighted by molar-refractivity contribution is 9.10. The number of halogens is 1. The molecule has 7 nitrogen and oxygen atoms in total. The summed E-state index contributed by atoms with van der Waals surface area (Å²) in [5, 5.41) is 7.50. The molecule has 21 heavy (non-hydrogen) atoms. The van der Waals surface area contributed by atoms with Crippen molar-refractivity contribution in [2.24, 2.45) is 5.14 Å². The van der Waals surface area contributed by atoms with Gasteiger partial charge in [-0.25, -0.2) is 22.0 Å². The highest BCUT2D eigenvalue weighted by Crippen LogP contribution is 2.18. The average Bonchev–Trinajstić information content (AvgIpc) is 2.23. The smallest absolute Gasteiger partial charge is 0.251 e. The number of nitrogens with one attached hydrogen (secondary N) is 1. The monoisotopic (exact) mass is 398 g/mol. The number of primary sulfonamides is 1. The number of sulfonamides is 1. The van der Waals surface area contributed by atoms with E-state index in [9.17, 15) is 21.6 Å². The average molecular weight is 399 g/mol. The van der Waals surface area contributed by atoms with Gasteiger partial charge in [0.25, 0.3) is 5.91 Å². The molecule has 0 bridgehead atoms. The minimum atomic E-state index is -3.94. The van der Waals surface area contributed by atoms with E-state index in [4.69, 9.17) is 5.14 Å².